The van der Waals surface area contributed by atoms with Crippen LogP contribution in [0.1, 0.15) is 34.1 Å². The van der Waals surface area contributed by atoms with E-state index in [1.807, 2.05) is 10.9 Å². The van der Waals surface area contributed by atoms with Gasteiger partial charge in [0.2, 0.25) is 5.91 Å². The topological polar surface area (TPSA) is 105 Å². The van der Waals surface area contributed by atoms with Crippen molar-refractivity contribution in [1.29, 1.82) is 0 Å². The number of benzene rings is 1. The maximum Gasteiger partial charge on any atom is 0.263 e. The van der Waals surface area contributed by atoms with E-state index in [-0.39, 0.29) is 41.4 Å². The zero-order valence-electron chi connectivity index (χ0n) is 21.1. The van der Waals surface area contributed by atoms with Crippen LogP contribution in [0, 0.1) is 5.92 Å². The van der Waals surface area contributed by atoms with Crippen LogP contribution in [-0.4, -0.2) is 74.4 Å². The number of likely N-dealkylation sites (tertiary alicyclic amines) is 1. The molecular weight excluding hydrogens is 502 g/mol. The van der Waals surface area contributed by atoms with E-state index in [9.17, 15) is 14.4 Å². The van der Waals surface area contributed by atoms with Crippen molar-refractivity contribution in [3.63, 3.8) is 0 Å². The highest BCUT2D eigenvalue weighted by molar-refractivity contribution is 7.17. The molecule has 10 nitrogen and oxygen atoms in total. The lowest BCUT2D eigenvalue weighted by atomic mass is 9.99. The molecule has 11 heteroatoms. The van der Waals surface area contributed by atoms with E-state index in [1.165, 1.54) is 31.2 Å². The third kappa shape index (κ3) is 4.74. The minimum absolute atomic E-state index is 0.0212. The van der Waals surface area contributed by atoms with Crippen LogP contribution in [0.2, 0.25) is 0 Å². The first kappa shape index (κ1) is 24.5. The number of thiophene rings is 1. The molecule has 0 unspecified atom stereocenters. The van der Waals surface area contributed by atoms with Crippen molar-refractivity contribution in [2.75, 3.05) is 33.2 Å². The van der Waals surface area contributed by atoms with E-state index in [2.05, 4.69) is 50.2 Å². The van der Waals surface area contributed by atoms with Crippen LogP contribution >= 0.6 is 11.3 Å². The Morgan fingerprint density at radius 2 is 1.97 bits per heavy atom. The van der Waals surface area contributed by atoms with Gasteiger partial charge in [-0.2, -0.15) is 0 Å². The third-order valence-electron chi connectivity index (χ3n) is 7.48. The zero-order chi connectivity index (χ0) is 26.2. The van der Waals surface area contributed by atoms with Crippen LogP contribution in [0.3, 0.4) is 0 Å². The number of rotatable bonds is 2. The van der Waals surface area contributed by atoms with Gasteiger partial charge >= 0.3 is 0 Å². The maximum atomic E-state index is 13.0. The fourth-order valence-corrected chi connectivity index (χ4v) is 6.45. The SMILES string of the molecule is CN1CCNC(=O)C[C@H]2CN(Cc3csc4ccccc34)C[C@H]2n2cc(nn2)Cn2cccc(c2=O)C1=O. The van der Waals surface area contributed by atoms with Crippen molar-refractivity contribution in [1.82, 2.24) is 34.7 Å². The van der Waals surface area contributed by atoms with Crippen LogP contribution in [0.5, 0.6) is 0 Å². The van der Waals surface area contributed by atoms with Gasteiger partial charge in [0, 0.05) is 63.0 Å². The number of carbonyl (C=O) groups excluding carboxylic acids is 2. The molecule has 1 aromatic carbocycles. The lowest BCUT2D eigenvalue weighted by Crippen LogP contribution is -2.39. The van der Waals surface area contributed by atoms with E-state index in [0.717, 1.165) is 19.6 Å². The number of nitrogens with zero attached hydrogens (tertiary/aromatic N) is 6. The number of likely N-dealkylation sites (N-methyl/N-ethyl adjacent to an activating group) is 1. The molecule has 2 aliphatic heterocycles. The number of aromatic nitrogens is 4. The van der Waals surface area contributed by atoms with Gasteiger partial charge in [-0.25, -0.2) is 4.68 Å². The lowest BCUT2D eigenvalue weighted by molar-refractivity contribution is -0.122. The summed E-state index contributed by atoms with van der Waals surface area (Å²) in [6.07, 6.45) is 3.88. The minimum atomic E-state index is -0.373. The van der Waals surface area contributed by atoms with Crippen molar-refractivity contribution in [2.45, 2.75) is 25.6 Å². The minimum Gasteiger partial charge on any atom is -0.354 e. The summed E-state index contributed by atoms with van der Waals surface area (Å²) in [4.78, 5) is 42.7. The Kier molecular flexibility index (Phi) is 6.54. The van der Waals surface area contributed by atoms with Gasteiger partial charge in [-0.15, -0.1) is 16.4 Å². The fraction of sp³-hybridized carbons (Fsp3) is 0.370. The second-order valence-corrected chi connectivity index (χ2v) is 11.0. The summed E-state index contributed by atoms with van der Waals surface area (Å²) in [5.41, 5.74) is 1.64. The van der Waals surface area contributed by atoms with Crippen LogP contribution < -0.4 is 10.9 Å². The largest absolute Gasteiger partial charge is 0.354 e. The predicted octanol–water partition coefficient (Wildman–Crippen LogP) is 1.97. The van der Waals surface area contributed by atoms with Crippen molar-refractivity contribution in [2.24, 2.45) is 5.92 Å². The summed E-state index contributed by atoms with van der Waals surface area (Å²) in [6.45, 7) is 3.15. The first-order chi connectivity index (χ1) is 18.5. The van der Waals surface area contributed by atoms with Crippen molar-refractivity contribution in [3.05, 3.63) is 81.3 Å². The summed E-state index contributed by atoms with van der Waals surface area (Å²) in [6, 6.07) is 11.6. The molecule has 38 heavy (non-hydrogen) atoms. The molecule has 0 radical (unpaired) electrons. The molecule has 0 aliphatic carbocycles. The molecule has 1 saturated heterocycles. The van der Waals surface area contributed by atoms with Gasteiger partial charge in [0.1, 0.15) is 11.3 Å². The van der Waals surface area contributed by atoms with Crippen LogP contribution in [0.15, 0.2) is 59.0 Å². The first-order valence-electron chi connectivity index (χ1n) is 12.8. The number of amides is 2. The standard InChI is InChI=1S/C27H29N7O3S/c1-31-10-8-28-25(35)11-18-12-32(13-19-17-38-24-7-3-2-5-21(19)24)16-23(18)34-15-20(29-30-34)14-33-9-4-6-22(26(31)36)27(33)37/h2-7,9,15,17-18,23H,8,10-14,16H2,1H3,(H,28,35)/t18-,23+/m0/s1. The van der Waals surface area contributed by atoms with Crippen LogP contribution in [0.25, 0.3) is 10.1 Å². The molecule has 1 fully saturated rings. The van der Waals surface area contributed by atoms with E-state index in [1.54, 1.807) is 30.6 Å². The first-order valence-corrected chi connectivity index (χ1v) is 13.6. The third-order valence-corrected chi connectivity index (χ3v) is 8.49. The molecule has 5 heterocycles. The molecule has 196 valence electrons. The second kappa shape index (κ2) is 10.1. The monoisotopic (exact) mass is 531 g/mol. The lowest BCUT2D eigenvalue weighted by Gasteiger charge is -2.20. The smallest absolute Gasteiger partial charge is 0.263 e. The average Bonchev–Trinajstić information content (AvgIpc) is 3.64. The molecule has 3 aromatic heterocycles. The highest BCUT2D eigenvalue weighted by Gasteiger charge is 2.36. The molecule has 2 amide bonds. The molecule has 6 rings (SSSR count). The van der Waals surface area contributed by atoms with Gasteiger partial charge in [-0.05, 0) is 34.5 Å². The number of hydrogen-bond acceptors (Lipinski definition) is 7. The zero-order valence-corrected chi connectivity index (χ0v) is 21.9. The molecular formula is C27H29N7O3S. The van der Waals surface area contributed by atoms with Crippen molar-refractivity contribution < 1.29 is 9.59 Å². The summed E-state index contributed by atoms with van der Waals surface area (Å²) in [5, 5.41) is 15.2. The summed E-state index contributed by atoms with van der Waals surface area (Å²) >= 11 is 1.75. The quantitative estimate of drug-likeness (QED) is 0.424. The summed E-state index contributed by atoms with van der Waals surface area (Å²) in [7, 11) is 1.64. The Labute approximate surface area is 223 Å². The van der Waals surface area contributed by atoms with Gasteiger partial charge in [0.15, 0.2) is 0 Å². The van der Waals surface area contributed by atoms with E-state index in [0.29, 0.717) is 25.2 Å². The number of fused-ring (bicyclic) bond motifs is 7. The predicted molar refractivity (Wildman–Crippen MR) is 144 cm³/mol. The normalized spacial score (nSPS) is 21.0. The Morgan fingerprint density at radius 3 is 2.87 bits per heavy atom. The Morgan fingerprint density at radius 1 is 1.11 bits per heavy atom. The van der Waals surface area contributed by atoms with Gasteiger partial charge in [0.05, 0.1) is 18.8 Å². The Balaban J connectivity index is 1.29. The molecule has 0 spiro atoms. The molecule has 2 aliphatic rings. The fourth-order valence-electron chi connectivity index (χ4n) is 5.49. The van der Waals surface area contributed by atoms with Crippen LogP contribution in [0.4, 0.5) is 0 Å². The summed E-state index contributed by atoms with van der Waals surface area (Å²) < 4.78 is 4.61. The molecule has 1 N–H and O–H groups in total. The molecule has 2 atom stereocenters. The Bertz CT molecular complexity index is 1560. The average molecular weight is 532 g/mol. The maximum absolute atomic E-state index is 13.0. The van der Waals surface area contributed by atoms with Gasteiger partial charge < -0.3 is 14.8 Å². The molecule has 4 bridgehead atoms. The van der Waals surface area contributed by atoms with E-state index in [4.69, 9.17) is 0 Å². The van der Waals surface area contributed by atoms with Gasteiger partial charge in [-0.3, -0.25) is 19.3 Å². The van der Waals surface area contributed by atoms with E-state index >= 15 is 0 Å². The summed E-state index contributed by atoms with van der Waals surface area (Å²) in [5.74, 6) is -0.382. The van der Waals surface area contributed by atoms with Crippen molar-refractivity contribution in [3.8, 4) is 0 Å². The molecule has 0 saturated carbocycles. The van der Waals surface area contributed by atoms with E-state index < -0.39 is 0 Å². The number of nitrogens with one attached hydrogen (secondary N) is 1. The Hall–Kier alpha value is -3.83. The van der Waals surface area contributed by atoms with Crippen LogP contribution in [-0.2, 0) is 17.9 Å². The number of pyridine rings is 1. The van der Waals surface area contributed by atoms with Gasteiger partial charge in [-0.1, -0.05) is 23.4 Å². The van der Waals surface area contributed by atoms with Gasteiger partial charge in [0.25, 0.3) is 11.5 Å². The number of hydrogen-bond donors (Lipinski definition) is 1. The second-order valence-electron chi connectivity index (χ2n) is 10.1. The highest BCUT2D eigenvalue weighted by Crippen LogP contribution is 2.33. The van der Waals surface area contributed by atoms with Crippen molar-refractivity contribution >= 4 is 33.2 Å². The highest BCUT2D eigenvalue weighted by atomic mass is 32.1. The molecule has 4 aromatic rings. The number of carbonyl (C=O) groups is 2.